The maximum atomic E-state index is 11.6. The van der Waals surface area contributed by atoms with Crippen molar-refractivity contribution in [2.75, 3.05) is 11.5 Å². The van der Waals surface area contributed by atoms with Crippen LogP contribution < -0.4 is 0 Å². The second-order valence-electron chi connectivity index (χ2n) is 2.22. The highest BCUT2D eigenvalue weighted by molar-refractivity contribution is 7.99. The van der Waals surface area contributed by atoms with Crippen LogP contribution in [0, 0.1) is 0 Å². The van der Waals surface area contributed by atoms with Crippen molar-refractivity contribution in [2.24, 2.45) is 0 Å². The molecule has 0 heterocycles. The van der Waals surface area contributed by atoms with Crippen LogP contribution in [0.1, 0.15) is 19.8 Å². The molecule has 0 atom stereocenters. The number of Topliss-reactive ketones (excluding diaryl/α,β-unsaturated/α-hetero) is 1. The maximum Gasteiger partial charge on any atom is 0.449 e. The van der Waals surface area contributed by atoms with Gasteiger partial charge in [-0.1, -0.05) is 6.92 Å². The van der Waals surface area contributed by atoms with Crippen molar-refractivity contribution in [3.63, 3.8) is 0 Å². The van der Waals surface area contributed by atoms with E-state index in [4.69, 9.17) is 0 Å². The Labute approximate surface area is 73.7 Å². The number of rotatable bonds is 5. The zero-order valence-electron chi connectivity index (χ0n) is 6.78. The molecule has 0 radical (unpaired) electrons. The van der Waals surface area contributed by atoms with Crippen LogP contribution in [-0.4, -0.2) is 23.5 Å². The molecular weight excluding hydrogens is 189 g/mol. The van der Waals surface area contributed by atoms with Gasteiger partial charge in [0.1, 0.15) is 0 Å². The molecule has 1 nitrogen and oxygen atoms in total. The van der Waals surface area contributed by atoms with E-state index in [1.807, 2.05) is 6.92 Å². The van der Waals surface area contributed by atoms with E-state index in [1.54, 1.807) is 11.8 Å². The molecule has 0 amide bonds. The van der Waals surface area contributed by atoms with Crippen molar-refractivity contribution < 1.29 is 18.0 Å². The van der Waals surface area contributed by atoms with E-state index >= 15 is 0 Å². The number of ketones is 1. The van der Waals surface area contributed by atoms with E-state index in [1.165, 1.54) is 0 Å². The molecule has 0 saturated heterocycles. The monoisotopic (exact) mass is 200 g/mol. The quantitative estimate of drug-likeness (QED) is 0.634. The summed E-state index contributed by atoms with van der Waals surface area (Å²) < 4.78 is 34.8. The molecule has 0 aromatic carbocycles. The van der Waals surface area contributed by atoms with Gasteiger partial charge in [0.05, 0.1) is 0 Å². The molecule has 0 N–H and O–H groups in total. The van der Waals surface area contributed by atoms with E-state index in [0.29, 0.717) is 12.2 Å². The van der Waals surface area contributed by atoms with Crippen molar-refractivity contribution in [1.29, 1.82) is 0 Å². The minimum atomic E-state index is -4.64. The summed E-state index contributed by atoms with van der Waals surface area (Å²) in [5, 5.41) is 0. The molecule has 0 aliphatic carbocycles. The highest BCUT2D eigenvalue weighted by Crippen LogP contribution is 2.19. The van der Waals surface area contributed by atoms with Gasteiger partial charge in [-0.2, -0.15) is 24.9 Å². The van der Waals surface area contributed by atoms with Gasteiger partial charge in [0.15, 0.2) is 0 Å². The normalized spacial score (nSPS) is 11.7. The average Bonchev–Trinajstić information content (AvgIpc) is 1.96. The highest BCUT2D eigenvalue weighted by atomic mass is 32.2. The van der Waals surface area contributed by atoms with Gasteiger partial charge in [-0.3, -0.25) is 4.79 Å². The number of carbonyl (C=O) groups is 1. The zero-order chi connectivity index (χ0) is 9.61. The molecule has 0 aromatic heterocycles. The lowest BCUT2D eigenvalue weighted by Gasteiger charge is -2.03. The molecule has 0 spiro atoms. The third kappa shape index (κ3) is 5.46. The second-order valence-corrected chi connectivity index (χ2v) is 3.62. The van der Waals surface area contributed by atoms with E-state index in [0.717, 1.165) is 5.75 Å². The molecule has 0 bridgehead atoms. The Hall–Kier alpha value is -0.190. The van der Waals surface area contributed by atoms with Crippen LogP contribution in [0.5, 0.6) is 0 Å². The van der Waals surface area contributed by atoms with Gasteiger partial charge < -0.3 is 0 Å². The first-order valence-electron chi connectivity index (χ1n) is 3.66. The smallest absolute Gasteiger partial charge is 0.290 e. The Morgan fingerprint density at radius 2 is 2.00 bits per heavy atom. The summed E-state index contributed by atoms with van der Waals surface area (Å²) in [7, 11) is 0. The summed E-state index contributed by atoms with van der Waals surface area (Å²) in [5.74, 6) is -0.113. The standard InChI is InChI=1S/C7H11F3OS/c1-2-12-5-3-4-6(11)7(8,9)10/h2-5H2,1H3. The highest BCUT2D eigenvalue weighted by Gasteiger charge is 2.36. The summed E-state index contributed by atoms with van der Waals surface area (Å²) in [5.41, 5.74) is 0. The molecule has 72 valence electrons. The number of hydrogen-bond acceptors (Lipinski definition) is 2. The van der Waals surface area contributed by atoms with Crippen LogP contribution in [0.4, 0.5) is 13.2 Å². The molecular formula is C7H11F3OS. The molecule has 0 saturated carbocycles. The molecule has 0 aromatic rings. The lowest BCUT2D eigenvalue weighted by molar-refractivity contribution is -0.171. The van der Waals surface area contributed by atoms with Gasteiger partial charge in [0.25, 0.3) is 0 Å². The number of thioether (sulfide) groups is 1. The molecule has 0 rings (SSSR count). The number of alkyl halides is 3. The van der Waals surface area contributed by atoms with Crippen LogP contribution in [0.15, 0.2) is 0 Å². The molecule has 0 aliphatic heterocycles. The number of carbonyl (C=O) groups excluding carboxylic acids is 1. The first-order chi connectivity index (χ1) is 5.48. The predicted octanol–water partition coefficient (Wildman–Crippen LogP) is 2.65. The zero-order valence-corrected chi connectivity index (χ0v) is 7.60. The summed E-state index contributed by atoms with van der Waals surface area (Å²) >= 11 is 1.54. The summed E-state index contributed by atoms with van der Waals surface area (Å²) in [6, 6.07) is 0. The number of halogens is 3. The number of hydrogen-bond donors (Lipinski definition) is 0. The van der Waals surface area contributed by atoms with E-state index < -0.39 is 12.0 Å². The maximum absolute atomic E-state index is 11.6. The Kier molecular flexibility index (Phi) is 5.37. The Morgan fingerprint density at radius 1 is 1.42 bits per heavy atom. The topological polar surface area (TPSA) is 17.1 Å². The first-order valence-corrected chi connectivity index (χ1v) is 4.81. The fraction of sp³-hybridized carbons (Fsp3) is 0.857. The van der Waals surface area contributed by atoms with Crippen LogP contribution in [-0.2, 0) is 4.79 Å². The van der Waals surface area contributed by atoms with E-state index in [9.17, 15) is 18.0 Å². The summed E-state index contributed by atoms with van der Waals surface area (Å²) in [4.78, 5) is 10.3. The van der Waals surface area contributed by atoms with Gasteiger partial charge in [0, 0.05) is 6.42 Å². The summed E-state index contributed by atoms with van der Waals surface area (Å²) in [6.07, 6.45) is -4.70. The largest absolute Gasteiger partial charge is 0.449 e. The summed E-state index contributed by atoms with van der Waals surface area (Å²) in [6.45, 7) is 1.93. The van der Waals surface area contributed by atoms with Gasteiger partial charge in [-0.15, -0.1) is 0 Å². The Morgan fingerprint density at radius 3 is 2.42 bits per heavy atom. The second kappa shape index (κ2) is 5.45. The van der Waals surface area contributed by atoms with Crippen molar-refractivity contribution in [1.82, 2.24) is 0 Å². The minimum Gasteiger partial charge on any atom is -0.290 e. The van der Waals surface area contributed by atoms with Crippen molar-refractivity contribution >= 4 is 17.5 Å². The van der Waals surface area contributed by atoms with Gasteiger partial charge in [-0.25, -0.2) is 0 Å². The fourth-order valence-corrected chi connectivity index (χ4v) is 1.26. The fourth-order valence-electron chi connectivity index (χ4n) is 0.621. The van der Waals surface area contributed by atoms with Gasteiger partial charge >= 0.3 is 6.18 Å². The van der Waals surface area contributed by atoms with Crippen LogP contribution >= 0.6 is 11.8 Å². The van der Waals surface area contributed by atoms with Crippen LogP contribution in [0.3, 0.4) is 0 Å². The van der Waals surface area contributed by atoms with Crippen molar-refractivity contribution in [3.05, 3.63) is 0 Å². The molecule has 0 fully saturated rings. The Balaban J connectivity index is 3.45. The molecule has 12 heavy (non-hydrogen) atoms. The first kappa shape index (κ1) is 11.8. The van der Waals surface area contributed by atoms with Crippen LogP contribution in [0.2, 0.25) is 0 Å². The van der Waals surface area contributed by atoms with Crippen LogP contribution in [0.25, 0.3) is 0 Å². The lowest BCUT2D eigenvalue weighted by atomic mass is 10.2. The lowest BCUT2D eigenvalue weighted by Crippen LogP contribution is -2.22. The average molecular weight is 200 g/mol. The third-order valence-electron chi connectivity index (χ3n) is 1.21. The minimum absolute atomic E-state index is 0.316. The molecule has 0 unspecified atom stereocenters. The van der Waals surface area contributed by atoms with E-state index in [-0.39, 0.29) is 6.42 Å². The van der Waals surface area contributed by atoms with Gasteiger partial charge in [-0.05, 0) is 17.9 Å². The molecule has 0 aliphatic rings. The Bertz CT molecular complexity index is 144. The van der Waals surface area contributed by atoms with Gasteiger partial charge in [0.2, 0.25) is 5.78 Å². The molecule has 5 heteroatoms. The predicted molar refractivity (Wildman–Crippen MR) is 43.3 cm³/mol. The van der Waals surface area contributed by atoms with Crippen molar-refractivity contribution in [2.45, 2.75) is 25.9 Å². The van der Waals surface area contributed by atoms with Crippen molar-refractivity contribution in [3.8, 4) is 0 Å². The van der Waals surface area contributed by atoms with E-state index in [2.05, 4.69) is 0 Å². The third-order valence-corrected chi connectivity index (χ3v) is 2.20. The SMILES string of the molecule is CCSCCCC(=O)C(F)(F)F.